The monoisotopic (exact) mass is 449 g/mol. The molecule has 8 heteroatoms. The summed E-state index contributed by atoms with van der Waals surface area (Å²) in [7, 11) is 0. The van der Waals surface area contributed by atoms with Crippen molar-refractivity contribution >= 4 is 23.4 Å². The lowest BCUT2D eigenvalue weighted by atomic mass is 9.91. The van der Waals surface area contributed by atoms with Crippen LogP contribution in [0.4, 0.5) is 8.78 Å². The lowest BCUT2D eigenvalue weighted by molar-refractivity contribution is 0.250. The third-order valence-electron chi connectivity index (χ3n) is 5.21. The van der Waals surface area contributed by atoms with Gasteiger partial charge in [0.25, 0.3) is 0 Å². The number of benzene rings is 2. The van der Waals surface area contributed by atoms with Crippen LogP contribution in [0.2, 0.25) is 5.02 Å². The maximum absolute atomic E-state index is 14.8. The lowest BCUT2D eigenvalue weighted by Gasteiger charge is -2.16. The van der Waals surface area contributed by atoms with Crippen molar-refractivity contribution in [1.82, 2.24) is 14.8 Å². The summed E-state index contributed by atoms with van der Waals surface area (Å²) in [5.74, 6) is -0.352. The SMILES string of the molecule is CCCCCSc1ncnn1C[C@]1(c2ccc(F)cc2F)O[C@@H]1c1ccccc1Cl. The standard InChI is InChI=1S/C22H22ClF2N3OS/c1-2-3-6-11-30-21-26-14-27-28(21)13-22(17-10-9-15(24)12-19(17)25)20(29-22)16-7-4-5-8-18(16)23/h4-5,7-10,12,14,20H,2-3,6,11,13H2,1H3/t20-,22-/m1/s1. The van der Waals surface area contributed by atoms with Crippen molar-refractivity contribution in [2.75, 3.05) is 5.75 Å². The smallest absolute Gasteiger partial charge is 0.186 e. The second kappa shape index (κ2) is 9.04. The highest BCUT2D eigenvalue weighted by molar-refractivity contribution is 7.99. The van der Waals surface area contributed by atoms with Gasteiger partial charge >= 0.3 is 0 Å². The fourth-order valence-electron chi connectivity index (χ4n) is 3.63. The maximum Gasteiger partial charge on any atom is 0.186 e. The molecule has 3 aromatic rings. The number of nitrogens with zero attached hydrogens (tertiary/aromatic N) is 3. The quantitative estimate of drug-likeness (QED) is 0.223. The van der Waals surface area contributed by atoms with E-state index in [4.69, 9.17) is 16.3 Å². The third kappa shape index (κ3) is 4.24. The van der Waals surface area contributed by atoms with Gasteiger partial charge < -0.3 is 4.74 Å². The summed E-state index contributed by atoms with van der Waals surface area (Å²) in [4.78, 5) is 4.35. The van der Waals surface area contributed by atoms with Crippen molar-refractivity contribution in [3.63, 3.8) is 0 Å². The predicted octanol–water partition coefficient (Wildman–Crippen LogP) is 6.16. The molecule has 1 fully saturated rings. The molecule has 2 heterocycles. The van der Waals surface area contributed by atoms with Crippen LogP contribution in [-0.4, -0.2) is 20.5 Å². The summed E-state index contributed by atoms with van der Waals surface area (Å²) in [5, 5.41) is 5.63. The number of epoxide rings is 1. The van der Waals surface area contributed by atoms with Crippen LogP contribution in [0, 0.1) is 11.6 Å². The third-order valence-corrected chi connectivity index (χ3v) is 6.62. The average Bonchev–Trinajstić information content (AvgIpc) is 3.26. The van der Waals surface area contributed by atoms with E-state index >= 15 is 0 Å². The molecule has 4 rings (SSSR count). The van der Waals surface area contributed by atoms with Gasteiger partial charge in [-0.15, -0.1) is 0 Å². The van der Waals surface area contributed by atoms with Gasteiger partial charge in [0.1, 0.15) is 29.7 Å². The van der Waals surface area contributed by atoms with Crippen LogP contribution in [0.1, 0.15) is 43.4 Å². The van der Waals surface area contributed by atoms with E-state index in [9.17, 15) is 8.78 Å². The topological polar surface area (TPSA) is 43.2 Å². The van der Waals surface area contributed by atoms with Crippen LogP contribution < -0.4 is 0 Å². The molecule has 2 atom stereocenters. The van der Waals surface area contributed by atoms with Gasteiger partial charge in [-0.3, -0.25) is 0 Å². The first-order valence-corrected chi connectivity index (χ1v) is 11.3. The first kappa shape index (κ1) is 21.3. The largest absolute Gasteiger partial charge is 0.354 e. The fraction of sp³-hybridized carbons (Fsp3) is 0.364. The Kier molecular flexibility index (Phi) is 6.41. The van der Waals surface area contributed by atoms with Crippen LogP contribution in [0.15, 0.2) is 53.9 Å². The van der Waals surface area contributed by atoms with E-state index < -0.39 is 23.3 Å². The summed E-state index contributed by atoms with van der Waals surface area (Å²) in [5.41, 5.74) is 0.0151. The van der Waals surface area contributed by atoms with Crippen molar-refractivity contribution < 1.29 is 13.5 Å². The van der Waals surface area contributed by atoms with E-state index in [0.717, 1.165) is 41.8 Å². The molecule has 1 aromatic heterocycles. The molecule has 0 spiro atoms. The van der Waals surface area contributed by atoms with Gasteiger partial charge in [0.05, 0.1) is 6.54 Å². The van der Waals surface area contributed by atoms with Crippen LogP contribution in [0.25, 0.3) is 0 Å². The molecule has 158 valence electrons. The molecule has 1 aliphatic heterocycles. The molecule has 0 amide bonds. The zero-order valence-corrected chi connectivity index (χ0v) is 18.1. The van der Waals surface area contributed by atoms with E-state index in [0.29, 0.717) is 5.02 Å². The minimum atomic E-state index is -1.03. The highest BCUT2D eigenvalue weighted by atomic mass is 35.5. The first-order chi connectivity index (χ1) is 14.5. The van der Waals surface area contributed by atoms with E-state index in [1.807, 2.05) is 18.2 Å². The summed E-state index contributed by atoms with van der Waals surface area (Å²) < 4.78 is 36.2. The van der Waals surface area contributed by atoms with E-state index in [2.05, 4.69) is 17.0 Å². The molecule has 1 aliphatic rings. The maximum atomic E-state index is 14.8. The van der Waals surface area contributed by atoms with Gasteiger partial charge in [0.2, 0.25) is 0 Å². The molecule has 0 radical (unpaired) electrons. The Labute approximate surface area is 183 Å². The second-order valence-corrected chi connectivity index (χ2v) is 8.76. The van der Waals surface area contributed by atoms with E-state index in [1.165, 1.54) is 18.5 Å². The number of ether oxygens (including phenoxy) is 1. The zero-order chi connectivity index (χ0) is 21.1. The first-order valence-electron chi connectivity index (χ1n) is 9.93. The minimum Gasteiger partial charge on any atom is -0.354 e. The molecule has 2 aromatic carbocycles. The zero-order valence-electron chi connectivity index (χ0n) is 16.5. The predicted molar refractivity (Wildman–Crippen MR) is 114 cm³/mol. The number of halogens is 3. The summed E-state index contributed by atoms with van der Waals surface area (Å²) >= 11 is 8.00. The number of rotatable bonds is 9. The van der Waals surface area contributed by atoms with E-state index in [1.54, 1.807) is 22.5 Å². The minimum absolute atomic E-state index is 0.252. The molecule has 1 saturated heterocycles. The Bertz CT molecular complexity index is 1030. The molecule has 0 saturated carbocycles. The van der Waals surface area contributed by atoms with Crippen LogP contribution in [0.3, 0.4) is 0 Å². The summed E-state index contributed by atoms with van der Waals surface area (Å²) in [6, 6.07) is 10.9. The summed E-state index contributed by atoms with van der Waals surface area (Å²) in [6.45, 7) is 2.41. The molecular formula is C22H22ClF2N3OS. The molecule has 0 unspecified atom stereocenters. The number of hydrogen-bond acceptors (Lipinski definition) is 4. The number of thioether (sulfide) groups is 1. The fourth-order valence-corrected chi connectivity index (χ4v) is 4.78. The average molecular weight is 450 g/mol. The molecule has 0 N–H and O–H groups in total. The Morgan fingerprint density at radius 2 is 2.03 bits per heavy atom. The number of unbranched alkanes of at least 4 members (excludes halogenated alkanes) is 2. The second-order valence-electron chi connectivity index (χ2n) is 7.29. The van der Waals surface area contributed by atoms with Crippen LogP contribution in [-0.2, 0) is 16.9 Å². The van der Waals surface area contributed by atoms with Crippen molar-refractivity contribution in [1.29, 1.82) is 0 Å². The van der Waals surface area contributed by atoms with E-state index in [-0.39, 0.29) is 12.1 Å². The Hall–Kier alpha value is -1.96. The van der Waals surface area contributed by atoms with Crippen molar-refractivity contribution in [3.8, 4) is 0 Å². The molecule has 30 heavy (non-hydrogen) atoms. The Morgan fingerprint density at radius 3 is 2.80 bits per heavy atom. The van der Waals surface area contributed by atoms with Crippen LogP contribution >= 0.6 is 23.4 Å². The van der Waals surface area contributed by atoms with Gasteiger partial charge in [0.15, 0.2) is 5.16 Å². The lowest BCUT2D eigenvalue weighted by Crippen LogP contribution is -2.22. The van der Waals surface area contributed by atoms with Crippen LogP contribution in [0.5, 0.6) is 0 Å². The molecule has 0 bridgehead atoms. The number of aromatic nitrogens is 3. The van der Waals surface area contributed by atoms with Gasteiger partial charge in [-0.05, 0) is 18.6 Å². The van der Waals surface area contributed by atoms with Crippen molar-refractivity contribution in [2.45, 2.75) is 49.6 Å². The van der Waals surface area contributed by atoms with Gasteiger partial charge in [-0.1, -0.05) is 67.4 Å². The number of hydrogen-bond donors (Lipinski definition) is 0. The normalized spacial score (nSPS) is 20.5. The Morgan fingerprint density at radius 1 is 1.20 bits per heavy atom. The van der Waals surface area contributed by atoms with Gasteiger partial charge in [-0.2, -0.15) is 5.10 Å². The van der Waals surface area contributed by atoms with Gasteiger partial charge in [-0.25, -0.2) is 18.4 Å². The Balaban J connectivity index is 1.65. The van der Waals surface area contributed by atoms with Crippen molar-refractivity contribution in [2.24, 2.45) is 0 Å². The van der Waals surface area contributed by atoms with Crippen molar-refractivity contribution in [3.05, 3.63) is 76.6 Å². The highest BCUT2D eigenvalue weighted by Gasteiger charge is 2.61. The summed E-state index contributed by atoms with van der Waals surface area (Å²) in [6.07, 6.45) is 4.42. The molecule has 0 aliphatic carbocycles. The molecule has 4 nitrogen and oxygen atoms in total. The van der Waals surface area contributed by atoms with Gasteiger partial charge in [0, 0.05) is 28.0 Å². The molecular weight excluding hydrogens is 428 g/mol. The highest BCUT2D eigenvalue weighted by Crippen LogP contribution is 2.59.